The fourth-order valence-corrected chi connectivity index (χ4v) is 0.371. The molecule has 1 N–H and O–H groups in total. The van der Waals surface area contributed by atoms with Gasteiger partial charge in [-0.2, -0.15) is 0 Å². The molecule has 0 radical (unpaired) electrons. The van der Waals surface area contributed by atoms with E-state index >= 15 is 0 Å². The summed E-state index contributed by atoms with van der Waals surface area (Å²) in [5.41, 5.74) is 0.172. The van der Waals surface area contributed by atoms with Gasteiger partial charge in [0.2, 0.25) is 0 Å². The summed E-state index contributed by atoms with van der Waals surface area (Å²) < 4.78 is 4.48. The molecule has 0 spiro atoms. The van der Waals surface area contributed by atoms with Crippen molar-refractivity contribution in [3.8, 4) is 0 Å². The van der Waals surface area contributed by atoms with Gasteiger partial charge in [0.1, 0.15) is 6.61 Å². The Labute approximate surface area is 64.5 Å². The first kappa shape index (κ1) is 9.68. The van der Waals surface area contributed by atoms with Crippen LogP contribution in [-0.4, -0.2) is 23.7 Å². The highest BCUT2D eigenvalue weighted by Gasteiger charge is 1.98. The SMILES string of the molecule is CC(=O)OC/C=C(/C)C(=O)O. The van der Waals surface area contributed by atoms with E-state index in [0.717, 1.165) is 0 Å². The lowest BCUT2D eigenvalue weighted by atomic mass is 10.3. The van der Waals surface area contributed by atoms with E-state index in [1.165, 1.54) is 19.9 Å². The minimum absolute atomic E-state index is 0.0213. The van der Waals surface area contributed by atoms with Crippen molar-refractivity contribution >= 4 is 11.9 Å². The van der Waals surface area contributed by atoms with Crippen LogP contribution in [0, 0.1) is 0 Å². The van der Waals surface area contributed by atoms with Crippen LogP contribution in [-0.2, 0) is 14.3 Å². The van der Waals surface area contributed by atoms with E-state index in [9.17, 15) is 9.59 Å². The van der Waals surface area contributed by atoms with Crippen LogP contribution >= 0.6 is 0 Å². The zero-order valence-corrected chi connectivity index (χ0v) is 6.46. The van der Waals surface area contributed by atoms with E-state index < -0.39 is 11.9 Å². The highest BCUT2D eigenvalue weighted by atomic mass is 16.5. The second-order valence-corrected chi connectivity index (χ2v) is 1.99. The topological polar surface area (TPSA) is 63.6 Å². The Bertz CT molecular complexity index is 193. The lowest BCUT2D eigenvalue weighted by Gasteiger charge is -1.95. The summed E-state index contributed by atoms with van der Waals surface area (Å²) in [7, 11) is 0. The quantitative estimate of drug-likeness (QED) is 0.482. The molecule has 0 saturated heterocycles. The number of hydrogen-bond donors (Lipinski definition) is 1. The molecule has 0 aliphatic heterocycles. The molecule has 62 valence electrons. The smallest absolute Gasteiger partial charge is 0.331 e. The molecule has 0 aliphatic rings. The Balaban J connectivity index is 3.74. The van der Waals surface area contributed by atoms with Gasteiger partial charge in [0, 0.05) is 12.5 Å². The van der Waals surface area contributed by atoms with Crippen LogP contribution in [0.3, 0.4) is 0 Å². The van der Waals surface area contributed by atoms with Gasteiger partial charge in [0.25, 0.3) is 0 Å². The van der Waals surface area contributed by atoms with Crippen molar-refractivity contribution in [2.45, 2.75) is 13.8 Å². The molecule has 4 heteroatoms. The largest absolute Gasteiger partial charge is 0.478 e. The number of aliphatic carboxylic acids is 1. The summed E-state index contributed by atoms with van der Waals surface area (Å²) in [5, 5.41) is 8.34. The molecule has 0 rings (SSSR count). The van der Waals surface area contributed by atoms with Gasteiger partial charge in [-0.1, -0.05) is 0 Å². The molecule has 11 heavy (non-hydrogen) atoms. The molecule has 0 aliphatic carbocycles. The van der Waals surface area contributed by atoms with Crippen LogP contribution in [0.25, 0.3) is 0 Å². The van der Waals surface area contributed by atoms with Crippen LogP contribution in [0.4, 0.5) is 0 Å². The summed E-state index contributed by atoms with van der Waals surface area (Å²) in [6.45, 7) is 2.73. The summed E-state index contributed by atoms with van der Waals surface area (Å²) >= 11 is 0. The average molecular weight is 158 g/mol. The van der Waals surface area contributed by atoms with Crippen molar-refractivity contribution < 1.29 is 19.4 Å². The number of carboxylic acids is 1. The monoisotopic (exact) mass is 158 g/mol. The summed E-state index contributed by atoms with van der Waals surface area (Å²) in [6, 6.07) is 0. The number of rotatable bonds is 3. The first-order valence-electron chi connectivity index (χ1n) is 3.07. The van der Waals surface area contributed by atoms with Crippen LogP contribution < -0.4 is 0 Å². The fourth-order valence-electron chi connectivity index (χ4n) is 0.371. The molecular weight excluding hydrogens is 148 g/mol. The van der Waals surface area contributed by atoms with E-state index in [1.807, 2.05) is 0 Å². The molecule has 0 aromatic heterocycles. The number of esters is 1. The third-order valence-electron chi connectivity index (χ3n) is 1.01. The molecule has 4 nitrogen and oxygen atoms in total. The maximum absolute atomic E-state index is 10.2. The third kappa shape index (κ3) is 5.14. The number of carbonyl (C=O) groups is 2. The van der Waals surface area contributed by atoms with Gasteiger partial charge in [0.15, 0.2) is 0 Å². The molecule has 0 atom stereocenters. The van der Waals surface area contributed by atoms with Crippen molar-refractivity contribution in [3.63, 3.8) is 0 Å². The zero-order chi connectivity index (χ0) is 8.85. The highest BCUT2D eigenvalue weighted by Crippen LogP contribution is 1.91. The molecule has 0 heterocycles. The second kappa shape index (κ2) is 4.49. The summed E-state index contributed by atoms with van der Waals surface area (Å²) in [5.74, 6) is -1.42. The van der Waals surface area contributed by atoms with Crippen LogP contribution in [0.5, 0.6) is 0 Å². The Hall–Kier alpha value is -1.32. The standard InChI is InChI=1S/C7H10O4/c1-5(7(9)10)3-4-11-6(2)8/h3H,4H2,1-2H3,(H,9,10)/b5-3-. The minimum atomic E-state index is -1.00. The first-order chi connectivity index (χ1) is 5.04. The maximum atomic E-state index is 10.2. The fraction of sp³-hybridized carbons (Fsp3) is 0.429. The predicted octanol–water partition coefficient (Wildman–Crippen LogP) is 0.580. The van der Waals surface area contributed by atoms with Gasteiger partial charge >= 0.3 is 11.9 Å². The van der Waals surface area contributed by atoms with E-state index in [-0.39, 0.29) is 12.2 Å². The number of carbonyl (C=O) groups excluding carboxylic acids is 1. The van der Waals surface area contributed by atoms with Crippen molar-refractivity contribution in [1.82, 2.24) is 0 Å². The Morgan fingerprint density at radius 2 is 2.00 bits per heavy atom. The van der Waals surface area contributed by atoms with Gasteiger partial charge < -0.3 is 9.84 Å². The second-order valence-electron chi connectivity index (χ2n) is 1.99. The molecule has 0 fully saturated rings. The van der Waals surface area contributed by atoms with E-state index in [0.29, 0.717) is 0 Å². The molecule has 0 aromatic carbocycles. The van der Waals surface area contributed by atoms with Crippen molar-refractivity contribution in [1.29, 1.82) is 0 Å². The Kier molecular flexibility index (Phi) is 3.95. The Morgan fingerprint density at radius 3 is 2.36 bits per heavy atom. The maximum Gasteiger partial charge on any atom is 0.331 e. The Morgan fingerprint density at radius 1 is 1.45 bits per heavy atom. The van der Waals surface area contributed by atoms with Gasteiger partial charge in [-0.05, 0) is 13.0 Å². The molecule has 0 unspecified atom stereocenters. The normalized spacial score (nSPS) is 10.9. The number of hydrogen-bond acceptors (Lipinski definition) is 3. The average Bonchev–Trinajstić information content (AvgIpc) is 1.86. The van der Waals surface area contributed by atoms with Crippen LogP contribution in [0.1, 0.15) is 13.8 Å². The third-order valence-corrected chi connectivity index (χ3v) is 1.01. The molecule has 0 saturated carbocycles. The van der Waals surface area contributed by atoms with Crippen molar-refractivity contribution in [3.05, 3.63) is 11.6 Å². The van der Waals surface area contributed by atoms with Gasteiger partial charge in [0.05, 0.1) is 0 Å². The lowest BCUT2D eigenvalue weighted by Crippen LogP contribution is -2.01. The van der Waals surface area contributed by atoms with Crippen LogP contribution in [0.15, 0.2) is 11.6 Å². The highest BCUT2D eigenvalue weighted by molar-refractivity contribution is 5.85. The predicted molar refractivity (Wildman–Crippen MR) is 38.0 cm³/mol. The summed E-state index contributed by atoms with van der Waals surface area (Å²) in [4.78, 5) is 20.4. The van der Waals surface area contributed by atoms with Gasteiger partial charge in [-0.3, -0.25) is 4.79 Å². The molecule has 0 bridgehead atoms. The first-order valence-corrected chi connectivity index (χ1v) is 3.07. The van der Waals surface area contributed by atoms with E-state index in [1.54, 1.807) is 0 Å². The lowest BCUT2D eigenvalue weighted by molar-refractivity contribution is -0.140. The van der Waals surface area contributed by atoms with Crippen LogP contribution in [0.2, 0.25) is 0 Å². The molecule has 0 amide bonds. The molecule has 0 aromatic rings. The van der Waals surface area contributed by atoms with Crippen molar-refractivity contribution in [2.24, 2.45) is 0 Å². The summed E-state index contributed by atoms with van der Waals surface area (Å²) in [6.07, 6.45) is 1.34. The van der Waals surface area contributed by atoms with Crippen molar-refractivity contribution in [2.75, 3.05) is 6.61 Å². The van der Waals surface area contributed by atoms with E-state index in [4.69, 9.17) is 5.11 Å². The zero-order valence-electron chi connectivity index (χ0n) is 6.46. The minimum Gasteiger partial charge on any atom is -0.478 e. The molecular formula is C7H10O4. The van der Waals surface area contributed by atoms with Gasteiger partial charge in [-0.25, -0.2) is 4.79 Å². The number of ether oxygens (including phenoxy) is 1. The van der Waals surface area contributed by atoms with E-state index in [2.05, 4.69) is 4.74 Å². The number of carboxylic acid groups (broad SMARTS) is 1. The van der Waals surface area contributed by atoms with Gasteiger partial charge in [-0.15, -0.1) is 0 Å².